The molecular formula is C15H11NO2. The highest BCUT2D eigenvalue weighted by molar-refractivity contribution is 5.85. The normalized spacial score (nSPS) is 9.39. The summed E-state index contributed by atoms with van der Waals surface area (Å²) in [5.41, 5.74) is 2.80. The van der Waals surface area contributed by atoms with Crippen molar-refractivity contribution in [2.75, 3.05) is 0 Å². The number of hydrogen-bond donors (Lipinski definition) is 1. The average molecular weight is 237 g/mol. The van der Waals surface area contributed by atoms with Crippen molar-refractivity contribution in [1.29, 1.82) is 0 Å². The highest BCUT2D eigenvalue weighted by Crippen LogP contribution is 2.03. The van der Waals surface area contributed by atoms with Crippen LogP contribution in [0.1, 0.15) is 27.2 Å². The highest BCUT2D eigenvalue weighted by Gasteiger charge is 2.01. The summed E-state index contributed by atoms with van der Waals surface area (Å²) >= 11 is 0. The van der Waals surface area contributed by atoms with Gasteiger partial charge < -0.3 is 5.11 Å². The van der Waals surface area contributed by atoms with Crippen LogP contribution in [0.3, 0.4) is 0 Å². The zero-order valence-corrected chi connectivity index (χ0v) is 9.84. The third-order valence-electron chi connectivity index (χ3n) is 2.35. The fourth-order valence-corrected chi connectivity index (χ4v) is 1.46. The Bertz CT molecular complexity index is 634. The van der Waals surface area contributed by atoms with E-state index in [9.17, 15) is 4.79 Å². The molecule has 0 saturated carbocycles. The molecule has 0 aliphatic heterocycles. The van der Waals surface area contributed by atoms with Crippen LogP contribution in [0, 0.1) is 18.8 Å². The first-order chi connectivity index (χ1) is 8.65. The minimum Gasteiger partial charge on any atom is -0.477 e. The maximum Gasteiger partial charge on any atom is 0.354 e. The first-order valence-corrected chi connectivity index (χ1v) is 5.43. The summed E-state index contributed by atoms with van der Waals surface area (Å²) in [5.74, 6) is 4.93. The molecule has 1 N–H and O–H groups in total. The van der Waals surface area contributed by atoms with E-state index in [2.05, 4.69) is 16.8 Å². The Balaban J connectivity index is 2.22. The number of benzene rings is 1. The Kier molecular flexibility index (Phi) is 3.40. The SMILES string of the molecule is Cc1cccc(C#Cc2ccc(C(=O)O)nc2)c1. The molecule has 2 rings (SSSR count). The lowest BCUT2D eigenvalue weighted by molar-refractivity contribution is 0.0690. The van der Waals surface area contributed by atoms with Crippen molar-refractivity contribution in [2.24, 2.45) is 0 Å². The smallest absolute Gasteiger partial charge is 0.354 e. The number of pyridine rings is 1. The fraction of sp³-hybridized carbons (Fsp3) is 0.0667. The molecule has 0 atom stereocenters. The van der Waals surface area contributed by atoms with E-state index in [1.165, 1.54) is 12.3 Å². The van der Waals surface area contributed by atoms with Crippen LogP contribution in [0.25, 0.3) is 0 Å². The van der Waals surface area contributed by atoms with Gasteiger partial charge in [0.2, 0.25) is 0 Å². The standard InChI is InChI=1S/C15H11NO2/c1-11-3-2-4-12(9-11)5-6-13-7-8-14(15(17)18)16-10-13/h2-4,7-10H,1H3,(H,17,18). The Morgan fingerprint density at radius 2 is 1.94 bits per heavy atom. The lowest BCUT2D eigenvalue weighted by Gasteiger charge is -1.94. The predicted octanol–water partition coefficient (Wildman–Crippen LogP) is 2.49. The molecule has 0 amide bonds. The van der Waals surface area contributed by atoms with E-state index in [4.69, 9.17) is 5.11 Å². The summed E-state index contributed by atoms with van der Waals surface area (Å²) in [6.45, 7) is 2.01. The van der Waals surface area contributed by atoms with E-state index < -0.39 is 5.97 Å². The monoisotopic (exact) mass is 237 g/mol. The fourth-order valence-electron chi connectivity index (χ4n) is 1.46. The topological polar surface area (TPSA) is 50.2 Å². The van der Waals surface area contributed by atoms with E-state index in [0.717, 1.165) is 11.1 Å². The van der Waals surface area contributed by atoms with Gasteiger partial charge in [-0.25, -0.2) is 9.78 Å². The number of nitrogens with zero attached hydrogens (tertiary/aromatic N) is 1. The largest absolute Gasteiger partial charge is 0.477 e. The molecule has 0 aliphatic carbocycles. The number of carbonyl (C=O) groups is 1. The van der Waals surface area contributed by atoms with Crippen molar-refractivity contribution in [3.8, 4) is 11.8 Å². The van der Waals surface area contributed by atoms with Gasteiger partial charge in [-0.1, -0.05) is 24.0 Å². The van der Waals surface area contributed by atoms with Crippen molar-refractivity contribution < 1.29 is 9.90 Å². The van der Waals surface area contributed by atoms with E-state index >= 15 is 0 Å². The van der Waals surface area contributed by atoms with Crippen LogP contribution in [0.15, 0.2) is 42.6 Å². The van der Waals surface area contributed by atoms with Gasteiger partial charge in [-0.3, -0.25) is 0 Å². The van der Waals surface area contributed by atoms with Gasteiger partial charge in [-0.2, -0.15) is 0 Å². The summed E-state index contributed by atoms with van der Waals surface area (Å²) in [7, 11) is 0. The highest BCUT2D eigenvalue weighted by atomic mass is 16.4. The van der Waals surface area contributed by atoms with Gasteiger partial charge in [-0.15, -0.1) is 0 Å². The molecule has 1 aromatic heterocycles. The Hall–Kier alpha value is -2.60. The van der Waals surface area contributed by atoms with Gasteiger partial charge in [0.15, 0.2) is 0 Å². The molecule has 1 heterocycles. The summed E-state index contributed by atoms with van der Waals surface area (Å²) in [6, 6.07) is 11.0. The van der Waals surface area contributed by atoms with Crippen LogP contribution in [0.2, 0.25) is 0 Å². The van der Waals surface area contributed by atoms with Gasteiger partial charge in [0.1, 0.15) is 5.69 Å². The Labute approximate surface area is 105 Å². The molecule has 0 unspecified atom stereocenters. The lowest BCUT2D eigenvalue weighted by atomic mass is 10.1. The predicted molar refractivity (Wildman–Crippen MR) is 68.4 cm³/mol. The van der Waals surface area contributed by atoms with Crippen LogP contribution in [-0.4, -0.2) is 16.1 Å². The van der Waals surface area contributed by atoms with Crippen molar-refractivity contribution in [3.05, 3.63) is 65.0 Å². The molecule has 0 spiro atoms. The maximum absolute atomic E-state index is 10.6. The minimum atomic E-state index is -1.03. The van der Waals surface area contributed by atoms with E-state index in [-0.39, 0.29) is 5.69 Å². The quantitative estimate of drug-likeness (QED) is 0.775. The van der Waals surface area contributed by atoms with Gasteiger partial charge in [0.25, 0.3) is 0 Å². The summed E-state index contributed by atoms with van der Waals surface area (Å²) in [4.78, 5) is 14.4. The molecule has 0 saturated heterocycles. The average Bonchev–Trinajstić information content (AvgIpc) is 2.37. The first-order valence-electron chi connectivity index (χ1n) is 5.43. The van der Waals surface area contributed by atoms with Crippen LogP contribution in [0.5, 0.6) is 0 Å². The molecule has 3 heteroatoms. The number of carboxylic acid groups (broad SMARTS) is 1. The molecule has 3 nitrogen and oxygen atoms in total. The maximum atomic E-state index is 10.6. The zero-order chi connectivity index (χ0) is 13.0. The van der Waals surface area contributed by atoms with Gasteiger partial charge in [0, 0.05) is 17.3 Å². The van der Waals surface area contributed by atoms with E-state index in [0.29, 0.717) is 5.56 Å². The van der Waals surface area contributed by atoms with Crippen LogP contribution >= 0.6 is 0 Å². The van der Waals surface area contributed by atoms with Crippen molar-refractivity contribution >= 4 is 5.97 Å². The molecule has 0 bridgehead atoms. The van der Waals surface area contributed by atoms with Crippen LogP contribution in [-0.2, 0) is 0 Å². The summed E-state index contributed by atoms with van der Waals surface area (Å²) in [5, 5.41) is 8.72. The Morgan fingerprint density at radius 3 is 2.56 bits per heavy atom. The summed E-state index contributed by atoms with van der Waals surface area (Å²) < 4.78 is 0. The number of rotatable bonds is 1. The van der Waals surface area contributed by atoms with Crippen molar-refractivity contribution in [2.45, 2.75) is 6.92 Å². The molecular weight excluding hydrogens is 226 g/mol. The second kappa shape index (κ2) is 5.15. The number of aromatic carboxylic acids is 1. The van der Waals surface area contributed by atoms with Crippen LogP contribution in [0.4, 0.5) is 0 Å². The van der Waals surface area contributed by atoms with Crippen LogP contribution < -0.4 is 0 Å². The third kappa shape index (κ3) is 2.96. The Morgan fingerprint density at radius 1 is 1.17 bits per heavy atom. The van der Waals surface area contributed by atoms with Crippen molar-refractivity contribution in [1.82, 2.24) is 4.98 Å². The molecule has 88 valence electrons. The number of aryl methyl sites for hydroxylation is 1. The molecule has 18 heavy (non-hydrogen) atoms. The molecule has 0 fully saturated rings. The second-order valence-electron chi connectivity index (χ2n) is 3.86. The second-order valence-corrected chi connectivity index (χ2v) is 3.86. The molecule has 0 aliphatic rings. The van der Waals surface area contributed by atoms with Gasteiger partial charge >= 0.3 is 5.97 Å². The van der Waals surface area contributed by atoms with Crippen molar-refractivity contribution in [3.63, 3.8) is 0 Å². The molecule has 0 radical (unpaired) electrons. The number of carboxylic acids is 1. The van der Waals surface area contributed by atoms with E-state index in [1.54, 1.807) is 6.07 Å². The summed E-state index contributed by atoms with van der Waals surface area (Å²) in [6.07, 6.45) is 1.46. The van der Waals surface area contributed by atoms with E-state index in [1.807, 2.05) is 31.2 Å². The molecule has 2 aromatic rings. The zero-order valence-electron chi connectivity index (χ0n) is 9.84. The van der Waals surface area contributed by atoms with Gasteiger partial charge in [-0.05, 0) is 36.8 Å². The first kappa shape index (κ1) is 11.9. The number of aromatic nitrogens is 1. The minimum absolute atomic E-state index is 0.0242. The lowest BCUT2D eigenvalue weighted by Crippen LogP contribution is -1.99. The number of hydrogen-bond acceptors (Lipinski definition) is 2. The molecule has 1 aromatic carbocycles. The third-order valence-corrected chi connectivity index (χ3v) is 2.35. The van der Waals surface area contributed by atoms with Gasteiger partial charge in [0.05, 0.1) is 0 Å².